The Balaban J connectivity index is 2.00. The van der Waals surface area contributed by atoms with Crippen LogP contribution in [0.15, 0.2) is 90.3 Å². The number of nitrogens with zero attached hydrogens (tertiary/aromatic N) is 1. The van der Waals surface area contributed by atoms with Crippen LogP contribution in [0.1, 0.15) is 11.3 Å². The van der Waals surface area contributed by atoms with Gasteiger partial charge in [0.05, 0.1) is 28.2 Å². The zero-order chi connectivity index (χ0) is 20.6. The van der Waals surface area contributed by atoms with Crippen LogP contribution in [-0.2, 0) is 10.0 Å². The maximum absolute atomic E-state index is 13.6. The molecule has 0 aliphatic carbocycles. The number of hydrogen-bond acceptors (Lipinski definition) is 3. The summed E-state index contributed by atoms with van der Waals surface area (Å²) in [6, 6.07) is 22.7. The van der Waals surface area contributed by atoms with E-state index in [1.54, 1.807) is 67.8 Å². The number of fused-ring (bicyclic) bond motifs is 1. The van der Waals surface area contributed by atoms with Crippen LogP contribution in [-0.4, -0.2) is 19.5 Å². The molecule has 4 rings (SSSR count). The van der Waals surface area contributed by atoms with Crippen LogP contribution in [0.5, 0.6) is 5.75 Å². The summed E-state index contributed by atoms with van der Waals surface area (Å²) in [5, 5.41) is 0.999. The Bertz CT molecular complexity index is 1310. The van der Waals surface area contributed by atoms with Crippen molar-refractivity contribution in [2.24, 2.45) is 0 Å². The van der Waals surface area contributed by atoms with Gasteiger partial charge in [0, 0.05) is 11.0 Å². The smallest absolute Gasteiger partial charge is 0.268 e. The summed E-state index contributed by atoms with van der Waals surface area (Å²) in [6.45, 7) is 4.16. The largest absolute Gasteiger partial charge is 0.497 e. The van der Waals surface area contributed by atoms with Crippen molar-refractivity contribution in [1.29, 1.82) is 0 Å². The first-order chi connectivity index (χ1) is 13.9. The molecule has 0 saturated heterocycles. The lowest BCUT2D eigenvalue weighted by Crippen LogP contribution is -2.15. The molecule has 0 amide bonds. The molecule has 4 nitrogen and oxygen atoms in total. The fourth-order valence-corrected chi connectivity index (χ4v) is 5.29. The van der Waals surface area contributed by atoms with Crippen LogP contribution in [0.2, 0.25) is 5.02 Å². The Morgan fingerprint density at radius 2 is 1.55 bits per heavy atom. The van der Waals surface area contributed by atoms with Gasteiger partial charge in [-0.3, -0.25) is 0 Å². The first-order valence-electron chi connectivity index (χ1n) is 8.88. The maximum atomic E-state index is 13.6. The lowest BCUT2D eigenvalue weighted by atomic mass is 10.0. The highest BCUT2D eigenvalue weighted by atomic mass is 35.5. The molecule has 1 aromatic heterocycles. The first-order valence-corrected chi connectivity index (χ1v) is 10.7. The summed E-state index contributed by atoms with van der Waals surface area (Å²) in [4.78, 5) is 0.182. The number of halogens is 1. The Morgan fingerprint density at radius 3 is 2.21 bits per heavy atom. The van der Waals surface area contributed by atoms with Gasteiger partial charge in [-0.15, -0.1) is 0 Å². The Hall–Kier alpha value is -3.02. The SMILES string of the molecule is C=C(c1ccc(OC)cc1)c1c(Cl)c2ccccc2n1S(=O)(=O)c1ccccc1. The minimum Gasteiger partial charge on any atom is -0.497 e. The minimum absolute atomic E-state index is 0.182. The summed E-state index contributed by atoms with van der Waals surface area (Å²) < 4.78 is 33.6. The molecule has 0 radical (unpaired) electrons. The predicted octanol–water partition coefficient (Wildman–Crippen LogP) is 5.60. The summed E-state index contributed by atoms with van der Waals surface area (Å²) in [6.07, 6.45) is 0. The average Bonchev–Trinajstić information content (AvgIpc) is 3.07. The van der Waals surface area contributed by atoms with E-state index in [0.717, 1.165) is 5.56 Å². The van der Waals surface area contributed by atoms with Crippen molar-refractivity contribution in [2.75, 3.05) is 7.11 Å². The standard InChI is InChI=1S/C23H18ClNO3S/c1-16(17-12-14-18(28-2)15-13-17)23-22(24)20-10-6-7-11-21(20)25(23)29(26,27)19-8-4-3-5-9-19/h3-15H,1H2,2H3. The molecule has 0 atom stereocenters. The Kier molecular flexibility index (Phi) is 4.94. The van der Waals surface area contributed by atoms with E-state index in [1.807, 2.05) is 18.2 Å². The summed E-state index contributed by atoms with van der Waals surface area (Å²) in [7, 11) is -2.31. The zero-order valence-electron chi connectivity index (χ0n) is 15.7. The average molecular weight is 424 g/mol. The molecule has 0 fully saturated rings. The molecular formula is C23H18ClNO3S. The molecule has 0 N–H and O–H groups in total. The molecule has 0 unspecified atom stereocenters. The van der Waals surface area contributed by atoms with Gasteiger partial charge in [-0.25, -0.2) is 12.4 Å². The fourth-order valence-electron chi connectivity index (χ4n) is 3.31. The van der Waals surface area contributed by atoms with Crippen molar-refractivity contribution in [2.45, 2.75) is 4.90 Å². The monoisotopic (exact) mass is 423 g/mol. The van der Waals surface area contributed by atoms with Gasteiger partial charge in [0.2, 0.25) is 0 Å². The molecule has 29 heavy (non-hydrogen) atoms. The lowest BCUT2D eigenvalue weighted by molar-refractivity contribution is 0.415. The highest BCUT2D eigenvalue weighted by Crippen LogP contribution is 2.39. The Morgan fingerprint density at radius 1 is 0.931 bits per heavy atom. The number of methoxy groups -OCH3 is 1. The molecule has 4 aromatic rings. The number of para-hydroxylation sites is 1. The van der Waals surface area contributed by atoms with Crippen molar-refractivity contribution in [3.05, 3.63) is 102 Å². The highest BCUT2D eigenvalue weighted by molar-refractivity contribution is 7.90. The first kappa shape index (κ1) is 19.3. The molecule has 0 saturated carbocycles. The normalized spacial score (nSPS) is 11.5. The lowest BCUT2D eigenvalue weighted by Gasteiger charge is -2.14. The summed E-state index contributed by atoms with van der Waals surface area (Å²) in [5.41, 5.74) is 2.11. The number of aromatic nitrogens is 1. The van der Waals surface area contributed by atoms with E-state index in [1.165, 1.54) is 3.97 Å². The molecule has 3 aromatic carbocycles. The van der Waals surface area contributed by atoms with Gasteiger partial charge in [-0.05, 0) is 35.9 Å². The van der Waals surface area contributed by atoms with E-state index < -0.39 is 10.0 Å². The third kappa shape index (κ3) is 3.22. The third-order valence-corrected chi connectivity index (χ3v) is 6.89. The zero-order valence-corrected chi connectivity index (χ0v) is 17.2. The fraction of sp³-hybridized carbons (Fsp3) is 0.0435. The van der Waals surface area contributed by atoms with Crippen molar-refractivity contribution in [3.8, 4) is 5.75 Å². The number of ether oxygens (including phenoxy) is 1. The molecule has 1 heterocycles. The highest BCUT2D eigenvalue weighted by Gasteiger charge is 2.27. The van der Waals surface area contributed by atoms with Crippen LogP contribution in [0.4, 0.5) is 0 Å². The van der Waals surface area contributed by atoms with Crippen LogP contribution >= 0.6 is 11.6 Å². The Labute approximate surface area is 174 Å². The van der Waals surface area contributed by atoms with Gasteiger partial charge >= 0.3 is 0 Å². The molecule has 146 valence electrons. The van der Waals surface area contributed by atoms with Gasteiger partial charge in [0.25, 0.3) is 10.0 Å². The second-order valence-corrected chi connectivity index (χ2v) is 8.63. The predicted molar refractivity (Wildman–Crippen MR) is 117 cm³/mol. The molecule has 0 aliphatic rings. The van der Waals surface area contributed by atoms with Crippen molar-refractivity contribution < 1.29 is 13.2 Å². The van der Waals surface area contributed by atoms with Gasteiger partial charge < -0.3 is 4.74 Å². The van der Waals surface area contributed by atoms with E-state index in [-0.39, 0.29) is 4.90 Å². The number of rotatable bonds is 5. The maximum Gasteiger partial charge on any atom is 0.268 e. The number of benzene rings is 3. The van der Waals surface area contributed by atoms with E-state index in [0.29, 0.717) is 32.9 Å². The van der Waals surface area contributed by atoms with Gasteiger partial charge in [0.15, 0.2) is 0 Å². The topological polar surface area (TPSA) is 48.3 Å². The molecular weight excluding hydrogens is 406 g/mol. The van der Waals surface area contributed by atoms with Crippen molar-refractivity contribution >= 4 is 38.1 Å². The van der Waals surface area contributed by atoms with Crippen molar-refractivity contribution in [3.63, 3.8) is 0 Å². The summed E-state index contributed by atoms with van der Waals surface area (Å²) >= 11 is 6.69. The number of hydrogen-bond donors (Lipinski definition) is 0. The molecule has 6 heteroatoms. The van der Waals surface area contributed by atoms with Crippen molar-refractivity contribution in [1.82, 2.24) is 3.97 Å². The third-order valence-electron chi connectivity index (χ3n) is 4.78. The molecule has 0 aliphatic heterocycles. The second kappa shape index (κ2) is 7.43. The molecule has 0 bridgehead atoms. The van der Waals surface area contributed by atoms with Crippen LogP contribution in [0, 0.1) is 0 Å². The minimum atomic E-state index is -3.89. The van der Waals surface area contributed by atoms with Crippen LogP contribution < -0.4 is 4.74 Å². The van der Waals surface area contributed by atoms with E-state index in [4.69, 9.17) is 16.3 Å². The van der Waals surface area contributed by atoms with Crippen LogP contribution in [0.25, 0.3) is 16.5 Å². The van der Waals surface area contributed by atoms with Crippen LogP contribution in [0.3, 0.4) is 0 Å². The second-order valence-electron chi connectivity index (χ2n) is 6.47. The summed E-state index contributed by atoms with van der Waals surface area (Å²) in [5.74, 6) is 0.699. The van der Waals surface area contributed by atoms with E-state index >= 15 is 0 Å². The van der Waals surface area contributed by atoms with E-state index in [9.17, 15) is 8.42 Å². The quantitative estimate of drug-likeness (QED) is 0.419. The van der Waals surface area contributed by atoms with Gasteiger partial charge in [-0.2, -0.15) is 0 Å². The van der Waals surface area contributed by atoms with Gasteiger partial charge in [0.1, 0.15) is 5.75 Å². The van der Waals surface area contributed by atoms with Gasteiger partial charge in [-0.1, -0.05) is 66.7 Å². The molecule has 0 spiro atoms. The van der Waals surface area contributed by atoms with E-state index in [2.05, 4.69) is 6.58 Å².